The summed E-state index contributed by atoms with van der Waals surface area (Å²) in [5, 5.41) is 8.13. The number of amidine groups is 1. The molecule has 17 heavy (non-hydrogen) atoms. The van der Waals surface area contributed by atoms with Gasteiger partial charge in [0.05, 0.1) is 0 Å². The predicted molar refractivity (Wildman–Crippen MR) is 77.8 cm³/mol. The highest BCUT2D eigenvalue weighted by Gasteiger charge is 2.16. The maximum absolute atomic E-state index is 8.13. The Kier molecular flexibility index (Phi) is 5.65. The van der Waals surface area contributed by atoms with Gasteiger partial charge in [0.2, 0.25) is 0 Å². The third-order valence-electron chi connectivity index (χ3n) is 2.88. The molecule has 0 bridgehead atoms. The maximum Gasteiger partial charge on any atom is 0.123 e. The van der Waals surface area contributed by atoms with Crippen LogP contribution in [0.3, 0.4) is 0 Å². The monoisotopic (exact) mass is 297 g/mol. The van der Waals surface area contributed by atoms with E-state index in [1.54, 1.807) is 6.08 Å². The van der Waals surface area contributed by atoms with Crippen LogP contribution >= 0.6 is 15.9 Å². The van der Waals surface area contributed by atoms with Gasteiger partial charge in [0.15, 0.2) is 0 Å². The highest BCUT2D eigenvalue weighted by molar-refractivity contribution is 9.11. The summed E-state index contributed by atoms with van der Waals surface area (Å²) in [5.41, 5.74) is 0.980. The summed E-state index contributed by atoms with van der Waals surface area (Å²) < 4.78 is 0.933. The number of rotatable bonds is 3. The van der Waals surface area contributed by atoms with Crippen molar-refractivity contribution in [1.29, 1.82) is 5.41 Å². The second-order valence-corrected chi connectivity index (χ2v) is 5.16. The first-order chi connectivity index (χ1) is 8.04. The molecule has 0 aliphatic carbocycles. The van der Waals surface area contributed by atoms with Gasteiger partial charge in [0.25, 0.3) is 0 Å². The lowest BCUT2D eigenvalue weighted by molar-refractivity contribution is 0.215. The van der Waals surface area contributed by atoms with Crippen molar-refractivity contribution >= 4 is 21.8 Å². The molecule has 0 amide bonds. The molecule has 1 aliphatic rings. The summed E-state index contributed by atoms with van der Waals surface area (Å²) in [7, 11) is 2.12. The Labute approximate surface area is 112 Å². The van der Waals surface area contributed by atoms with Gasteiger partial charge in [-0.2, -0.15) is 0 Å². The van der Waals surface area contributed by atoms with E-state index in [1.807, 2.05) is 19.1 Å². The molecular formula is C13H20BrN3. The first kappa shape index (κ1) is 14.2. The minimum atomic E-state index is 0.624. The average molecular weight is 298 g/mol. The number of nitrogens with one attached hydrogen (secondary N) is 1. The van der Waals surface area contributed by atoms with Crippen LogP contribution in [0.4, 0.5) is 0 Å². The highest BCUT2D eigenvalue weighted by Crippen LogP contribution is 2.09. The number of halogens is 1. The number of allylic oxidation sites excluding steroid dienone is 4. The molecule has 0 aromatic carbocycles. The molecule has 1 fully saturated rings. The normalized spacial score (nSPS) is 19.4. The zero-order valence-corrected chi connectivity index (χ0v) is 12.1. The van der Waals surface area contributed by atoms with Gasteiger partial charge in [-0.1, -0.05) is 34.7 Å². The van der Waals surface area contributed by atoms with Crippen molar-refractivity contribution in [3.8, 4) is 0 Å². The van der Waals surface area contributed by atoms with Crippen molar-refractivity contribution in [1.82, 2.24) is 9.80 Å². The van der Waals surface area contributed by atoms with E-state index in [2.05, 4.69) is 39.4 Å². The van der Waals surface area contributed by atoms with Crippen molar-refractivity contribution in [2.24, 2.45) is 0 Å². The van der Waals surface area contributed by atoms with Crippen LogP contribution in [-0.2, 0) is 0 Å². The van der Waals surface area contributed by atoms with Crippen molar-refractivity contribution < 1.29 is 0 Å². The number of hydrogen-bond acceptors (Lipinski definition) is 2. The van der Waals surface area contributed by atoms with E-state index in [0.29, 0.717) is 5.84 Å². The number of hydrogen-bond donors (Lipinski definition) is 1. The largest absolute Gasteiger partial charge is 0.354 e. The number of piperazine rings is 1. The first-order valence-electron chi connectivity index (χ1n) is 5.73. The van der Waals surface area contributed by atoms with Crippen molar-refractivity contribution in [3.63, 3.8) is 0 Å². The van der Waals surface area contributed by atoms with Gasteiger partial charge >= 0.3 is 0 Å². The number of likely N-dealkylation sites (N-methyl/N-ethyl adjacent to an activating group) is 1. The fraction of sp³-hybridized carbons (Fsp3) is 0.462. The molecule has 0 radical (unpaired) electrons. The standard InChI is InChI=1S/C13H20BrN3/c1-4-12(14)6-5-11(2)13(15)17-9-7-16(3)8-10-17/h4-6,15H,1,7-10H2,2-3H3. The molecule has 1 aliphatic heterocycles. The molecule has 1 N–H and O–H groups in total. The summed E-state index contributed by atoms with van der Waals surface area (Å²) in [5.74, 6) is 0.624. The molecule has 0 saturated carbocycles. The van der Waals surface area contributed by atoms with Gasteiger partial charge in [-0.05, 0) is 25.6 Å². The van der Waals surface area contributed by atoms with E-state index >= 15 is 0 Å². The second kappa shape index (κ2) is 6.77. The summed E-state index contributed by atoms with van der Waals surface area (Å²) in [4.78, 5) is 4.42. The molecule has 1 rings (SSSR count). The molecule has 1 heterocycles. The lowest BCUT2D eigenvalue weighted by Crippen LogP contribution is -2.47. The fourth-order valence-electron chi connectivity index (χ4n) is 1.63. The fourth-order valence-corrected chi connectivity index (χ4v) is 1.76. The summed E-state index contributed by atoms with van der Waals surface area (Å²) in [6.45, 7) is 9.57. The van der Waals surface area contributed by atoms with Gasteiger partial charge in [-0.15, -0.1) is 0 Å². The molecule has 1 saturated heterocycles. The molecule has 0 aromatic heterocycles. The Hall–Kier alpha value is -0.870. The number of nitrogens with zero attached hydrogens (tertiary/aromatic N) is 2. The van der Waals surface area contributed by atoms with E-state index in [1.165, 1.54) is 0 Å². The smallest absolute Gasteiger partial charge is 0.123 e. The van der Waals surface area contributed by atoms with E-state index in [-0.39, 0.29) is 0 Å². The lowest BCUT2D eigenvalue weighted by atomic mass is 10.2. The SMILES string of the molecule is C=CC(Br)=CC=C(C)C(=N)N1CCN(C)CC1. The zero-order chi connectivity index (χ0) is 12.8. The second-order valence-electron chi connectivity index (χ2n) is 4.24. The molecule has 0 spiro atoms. The molecule has 0 atom stereocenters. The van der Waals surface area contributed by atoms with Crippen molar-refractivity contribution in [3.05, 3.63) is 34.9 Å². The van der Waals surface area contributed by atoms with Crippen LogP contribution in [-0.4, -0.2) is 48.9 Å². The third-order valence-corrected chi connectivity index (χ3v) is 3.47. The van der Waals surface area contributed by atoms with Crippen LogP contribution in [0.15, 0.2) is 34.9 Å². The molecule has 3 nitrogen and oxygen atoms in total. The summed E-state index contributed by atoms with van der Waals surface area (Å²) in [6.07, 6.45) is 5.61. The Morgan fingerprint density at radius 1 is 1.24 bits per heavy atom. The Morgan fingerprint density at radius 2 is 1.82 bits per heavy atom. The zero-order valence-electron chi connectivity index (χ0n) is 10.5. The average Bonchev–Trinajstić information content (AvgIpc) is 2.35. The van der Waals surface area contributed by atoms with Crippen LogP contribution in [0.5, 0.6) is 0 Å². The Bertz CT molecular complexity index is 350. The minimum absolute atomic E-state index is 0.624. The molecule has 4 heteroatoms. The van der Waals surface area contributed by atoms with Gasteiger partial charge in [0, 0.05) is 30.7 Å². The summed E-state index contributed by atoms with van der Waals surface area (Å²) in [6, 6.07) is 0. The molecule has 94 valence electrons. The molecule has 0 unspecified atom stereocenters. The van der Waals surface area contributed by atoms with Gasteiger partial charge in [-0.3, -0.25) is 5.41 Å². The van der Waals surface area contributed by atoms with Gasteiger partial charge in [-0.25, -0.2) is 0 Å². The molecule has 0 aromatic rings. The van der Waals surface area contributed by atoms with Gasteiger partial charge < -0.3 is 9.80 Å². The van der Waals surface area contributed by atoms with Crippen molar-refractivity contribution in [2.45, 2.75) is 6.92 Å². The van der Waals surface area contributed by atoms with Crippen LogP contribution in [0.25, 0.3) is 0 Å². The van der Waals surface area contributed by atoms with E-state index in [9.17, 15) is 0 Å². The lowest BCUT2D eigenvalue weighted by Gasteiger charge is -2.34. The van der Waals surface area contributed by atoms with Crippen molar-refractivity contribution in [2.75, 3.05) is 33.2 Å². The topological polar surface area (TPSA) is 30.3 Å². The van der Waals surface area contributed by atoms with Crippen LogP contribution in [0, 0.1) is 5.41 Å². The first-order valence-corrected chi connectivity index (χ1v) is 6.53. The quantitative estimate of drug-likeness (QED) is 0.493. The van der Waals surface area contributed by atoms with Crippen LogP contribution in [0.1, 0.15) is 6.92 Å². The van der Waals surface area contributed by atoms with Gasteiger partial charge in [0.1, 0.15) is 5.84 Å². The molecular weight excluding hydrogens is 278 g/mol. The van der Waals surface area contributed by atoms with E-state index < -0.39 is 0 Å². The Morgan fingerprint density at radius 3 is 2.35 bits per heavy atom. The Balaban J connectivity index is 2.60. The maximum atomic E-state index is 8.13. The minimum Gasteiger partial charge on any atom is -0.354 e. The highest BCUT2D eigenvalue weighted by atomic mass is 79.9. The van der Waals surface area contributed by atoms with Crippen LogP contribution < -0.4 is 0 Å². The van der Waals surface area contributed by atoms with E-state index in [4.69, 9.17) is 5.41 Å². The predicted octanol–water partition coefficient (Wildman–Crippen LogP) is 2.62. The summed E-state index contributed by atoms with van der Waals surface area (Å²) >= 11 is 3.37. The third kappa shape index (κ3) is 4.48. The van der Waals surface area contributed by atoms with Crippen LogP contribution in [0.2, 0.25) is 0 Å². The van der Waals surface area contributed by atoms with E-state index in [0.717, 1.165) is 36.2 Å².